The van der Waals surface area contributed by atoms with E-state index in [9.17, 15) is 4.79 Å². The first-order valence-electron chi connectivity index (χ1n) is 1.19. The Hall–Kier alpha value is 0.0923. The number of aliphatic carboxylic acids is 1. The van der Waals surface area contributed by atoms with Crippen molar-refractivity contribution in [1.82, 2.24) is 0 Å². The quantitative estimate of drug-likeness (QED) is 0.531. The van der Waals surface area contributed by atoms with Crippen molar-refractivity contribution in [3.63, 3.8) is 0 Å². The second-order valence-corrected chi connectivity index (χ2v) is 0.598. The second kappa shape index (κ2) is 9.43. The fourth-order valence-corrected chi connectivity index (χ4v) is 0. The SMILES string of the molecule is NCC(=O)O.[C].[Pd]. The molecule has 4 heteroatoms. The first-order chi connectivity index (χ1) is 2.27. The van der Waals surface area contributed by atoms with Gasteiger partial charge in [0.05, 0.1) is 6.54 Å². The molecule has 7 heavy (non-hydrogen) atoms. The van der Waals surface area contributed by atoms with Crippen LogP contribution in [0.25, 0.3) is 0 Å². The maximum atomic E-state index is 9.24. The van der Waals surface area contributed by atoms with Crippen LogP contribution < -0.4 is 5.73 Å². The molecule has 0 aromatic rings. The third-order valence-corrected chi connectivity index (χ3v) is 0.175. The van der Waals surface area contributed by atoms with Crippen LogP contribution in [-0.4, -0.2) is 17.6 Å². The summed E-state index contributed by atoms with van der Waals surface area (Å²) in [6.45, 7) is -0.278. The van der Waals surface area contributed by atoms with Gasteiger partial charge in [-0.1, -0.05) is 0 Å². The van der Waals surface area contributed by atoms with Gasteiger partial charge < -0.3 is 10.8 Å². The largest absolute Gasteiger partial charge is 0.480 e. The number of hydrogen-bond acceptors (Lipinski definition) is 2. The molecule has 0 spiro atoms. The molecule has 0 aromatic heterocycles. The summed E-state index contributed by atoms with van der Waals surface area (Å²) in [5.74, 6) is -0.968. The number of rotatable bonds is 1. The van der Waals surface area contributed by atoms with Crippen LogP contribution in [0.1, 0.15) is 0 Å². The van der Waals surface area contributed by atoms with Crippen LogP contribution >= 0.6 is 0 Å². The summed E-state index contributed by atoms with van der Waals surface area (Å²) < 4.78 is 0. The van der Waals surface area contributed by atoms with Gasteiger partial charge in [0, 0.05) is 27.8 Å². The number of hydrogen-bond donors (Lipinski definition) is 2. The maximum Gasteiger partial charge on any atom is 0.317 e. The van der Waals surface area contributed by atoms with Gasteiger partial charge in [-0.2, -0.15) is 0 Å². The standard InChI is InChI=1S/C2H5NO2.C.Pd/c3-1-2(4)5;;/h1,3H2,(H,4,5);;. The normalized spacial score (nSPS) is 5.29. The fraction of sp³-hybridized carbons (Fsp3) is 0.333. The molecule has 0 amide bonds. The molecular weight excluding hydrogens is 188 g/mol. The molecule has 0 aromatic carbocycles. The van der Waals surface area contributed by atoms with Crippen LogP contribution in [0.15, 0.2) is 0 Å². The molecule has 0 aliphatic carbocycles. The minimum Gasteiger partial charge on any atom is -0.480 e. The van der Waals surface area contributed by atoms with Gasteiger partial charge in [0.2, 0.25) is 0 Å². The summed E-state index contributed by atoms with van der Waals surface area (Å²) in [6, 6.07) is 0. The van der Waals surface area contributed by atoms with Crippen molar-refractivity contribution < 1.29 is 30.3 Å². The van der Waals surface area contributed by atoms with E-state index < -0.39 is 5.97 Å². The number of carbonyl (C=O) groups is 1. The van der Waals surface area contributed by atoms with Crippen molar-refractivity contribution in [1.29, 1.82) is 0 Å². The van der Waals surface area contributed by atoms with Gasteiger partial charge in [0.25, 0.3) is 0 Å². The van der Waals surface area contributed by atoms with E-state index in [0.29, 0.717) is 0 Å². The Bertz CT molecular complexity index is 48.2. The number of nitrogens with two attached hydrogens (primary N) is 1. The summed E-state index contributed by atoms with van der Waals surface area (Å²) in [5.41, 5.74) is 4.57. The first-order valence-corrected chi connectivity index (χ1v) is 1.19. The Morgan fingerprint density at radius 1 is 1.71 bits per heavy atom. The van der Waals surface area contributed by atoms with Gasteiger partial charge >= 0.3 is 5.97 Å². The summed E-state index contributed by atoms with van der Waals surface area (Å²) in [5, 5.41) is 7.60. The van der Waals surface area contributed by atoms with E-state index in [-0.39, 0.29) is 34.4 Å². The maximum absolute atomic E-state index is 9.24. The van der Waals surface area contributed by atoms with Gasteiger partial charge in [-0.15, -0.1) is 0 Å². The van der Waals surface area contributed by atoms with E-state index in [1.165, 1.54) is 0 Å². The summed E-state index contributed by atoms with van der Waals surface area (Å²) in [7, 11) is 0. The van der Waals surface area contributed by atoms with Crippen LogP contribution in [-0.2, 0) is 25.2 Å². The average molecular weight is 193 g/mol. The van der Waals surface area contributed by atoms with Gasteiger partial charge in [-0.05, 0) is 0 Å². The molecule has 0 heterocycles. The van der Waals surface area contributed by atoms with Gasteiger partial charge in [-0.3, -0.25) is 4.79 Å². The predicted octanol–water partition coefficient (Wildman–Crippen LogP) is -0.892. The van der Waals surface area contributed by atoms with E-state index >= 15 is 0 Å². The van der Waals surface area contributed by atoms with E-state index in [1.54, 1.807) is 0 Å². The van der Waals surface area contributed by atoms with Crippen molar-refractivity contribution >= 4 is 5.97 Å². The van der Waals surface area contributed by atoms with E-state index in [4.69, 9.17) is 5.11 Å². The van der Waals surface area contributed by atoms with Crippen molar-refractivity contribution in [2.45, 2.75) is 0 Å². The molecule has 0 saturated carbocycles. The summed E-state index contributed by atoms with van der Waals surface area (Å²) >= 11 is 0. The van der Waals surface area contributed by atoms with Crippen molar-refractivity contribution in [3.8, 4) is 0 Å². The van der Waals surface area contributed by atoms with Crippen molar-refractivity contribution in [3.05, 3.63) is 7.43 Å². The first kappa shape index (κ1) is 15.7. The Labute approximate surface area is 56.5 Å². The predicted molar refractivity (Wildman–Crippen MR) is 19.9 cm³/mol. The molecular formula is C3H5NO2Pd. The topological polar surface area (TPSA) is 63.3 Å². The Balaban J connectivity index is -0.0000000800. The molecule has 3 N–H and O–H groups in total. The third-order valence-electron chi connectivity index (χ3n) is 0.175. The van der Waals surface area contributed by atoms with Crippen LogP contribution in [0.5, 0.6) is 0 Å². The van der Waals surface area contributed by atoms with Crippen LogP contribution in [0, 0.1) is 7.43 Å². The van der Waals surface area contributed by atoms with Gasteiger partial charge in [-0.25, -0.2) is 0 Å². The monoisotopic (exact) mass is 193 g/mol. The van der Waals surface area contributed by atoms with E-state index in [0.717, 1.165) is 0 Å². The summed E-state index contributed by atoms with van der Waals surface area (Å²) in [6.07, 6.45) is 0. The molecule has 0 bridgehead atoms. The zero-order valence-electron chi connectivity index (χ0n) is 3.46. The zero-order chi connectivity index (χ0) is 4.28. The van der Waals surface area contributed by atoms with Crippen LogP contribution in [0.2, 0.25) is 0 Å². The zero-order valence-corrected chi connectivity index (χ0v) is 5.01. The average Bonchev–Trinajstić information content (AvgIpc) is 1.38. The number of carboxylic acids is 1. The molecule has 0 fully saturated rings. The van der Waals surface area contributed by atoms with Crippen molar-refractivity contribution in [2.24, 2.45) is 5.73 Å². The van der Waals surface area contributed by atoms with Gasteiger partial charge in [0.15, 0.2) is 0 Å². The van der Waals surface area contributed by atoms with Gasteiger partial charge in [0.1, 0.15) is 0 Å². The smallest absolute Gasteiger partial charge is 0.317 e. The minimum absolute atomic E-state index is 0. The second-order valence-electron chi connectivity index (χ2n) is 0.598. The van der Waals surface area contributed by atoms with Crippen LogP contribution in [0.4, 0.5) is 0 Å². The molecule has 0 rings (SSSR count). The summed E-state index contributed by atoms with van der Waals surface area (Å²) in [4.78, 5) is 9.24. The minimum atomic E-state index is -0.968. The Morgan fingerprint density at radius 3 is 1.86 bits per heavy atom. The molecule has 0 aliphatic heterocycles. The Morgan fingerprint density at radius 2 is 1.86 bits per heavy atom. The molecule has 4 radical (unpaired) electrons. The molecule has 0 unspecified atom stereocenters. The van der Waals surface area contributed by atoms with E-state index in [2.05, 4.69) is 5.73 Å². The number of carboxylic acid groups (broad SMARTS) is 1. The van der Waals surface area contributed by atoms with Crippen LogP contribution in [0.3, 0.4) is 0 Å². The Kier molecular flexibility index (Phi) is 21.2. The fourth-order valence-electron chi connectivity index (χ4n) is 0. The molecule has 44 valence electrons. The van der Waals surface area contributed by atoms with E-state index in [1.807, 2.05) is 0 Å². The molecule has 0 saturated heterocycles. The third kappa shape index (κ3) is 23.3. The molecule has 0 atom stereocenters. The molecule has 0 aliphatic rings. The molecule has 3 nitrogen and oxygen atoms in total. The van der Waals surface area contributed by atoms with Crippen molar-refractivity contribution in [2.75, 3.05) is 6.54 Å².